The SMILES string of the molecule is NC(=O)CCNC(=O)/C=C/C1C=Cc2ccccc2C1. The quantitative estimate of drug-likeness (QED) is 0.794. The number of benzene rings is 1. The Kier molecular flexibility index (Phi) is 4.71. The smallest absolute Gasteiger partial charge is 0.243 e. The maximum atomic E-state index is 11.5. The fourth-order valence-corrected chi connectivity index (χ4v) is 2.14. The average Bonchev–Trinajstić information content (AvgIpc) is 2.44. The molecule has 1 atom stereocenters. The number of fused-ring (bicyclic) bond motifs is 1. The second kappa shape index (κ2) is 6.70. The molecule has 4 heteroatoms. The van der Waals surface area contributed by atoms with Crippen LogP contribution in [0.4, 0.5) is 0 Å². The van der Waals surface area contributed by atoms with Gasteiger partial charge in [0.2, 0.25) is 11.8 Å². The zero-order chi connectivity index (χ0) is 14.4. The van der Waals surface area contributed by atoms with Crippen molar-refractivity contribution in [3.8, 4) is 0 Å². The van der Waals surface area contributed by atoms with Crippen molar-refractivity contribution in [2.24, 2.45) is 11.7 Å². The Morgan fingerprint density at radius 3 is 2.95 bits per heavy atom. The summed E-state index contributed by atoms with van der Waals surface area (Å²) < 4.78 is 0. The molecule has 2 amide bonds. The second-order valence-electron chi connectivity index (χ2n) is 4.79. The number of nitrogens with one attached hydrogen (secondary N) is 1. The van der Waals surface area contributed by atoms with E-state index in [0.29, 0.717) is 0 Å². The van der Waals surface area contributed by atoms with Gasteiger partial charge in [0.05, 0.1) is 0 Å². The van der Waals surface area contributed by atoms with Gasteiger partial charge in [0.25, 0.3) is 0 Å². The van der Waals surface area contributed by atoms with Crippen molar-refractivity contribution in [1.29, 1.82) is 0 Å². The molecule has 1 unspecified atom stereocenters. The number of amides is 2. The van der Waals surface area contributed by atoms with Crippen molar-refractivity contribution in [2.45, 2.75) is 12.8 Å². The van der Waals surface area contributed by atoms with Gasteiger partial charge < -0.3 is 11.1 Å². The van der Waals surface area contributed by atoms with Crippen LogP contribution in [0, 0.1) is 5.92 Å². The molecule has 4 nitrogen and oxygen atoms in total. The third kappa shape index (κ3) is 4.09. The summed E-state index contributed by atoms with van der Waals surface area (Å²) >= 11 is 0. The van der Waals surface area contributed by atoms with E-state index >= 15 is 0 Å². The lowest BCUT2D eigenvalue weighted by atomic mass is 9.89. The maximum absolute atomic E-state index is 11.5. The minimum Gasteiger partial charge on any atom is -0.370 e. The van der Waals surface area contributed by atoms with E-state index in [-0.39, 0.29) is 24.8 Å². The van der Waals surface area contributed by atoms with Gasteiger partial charge in [-0.25, -0.2) is 0 Å². The molecular formula is C16H18N2O2. The van der Waals surface area contributed by atoms with Gasteiger partial charge in [-0.2, -0.15) is 0 Å². The van der Waals surface area contributed by atoms with E-state index in [4.69, 9.17) is 5.73 Å². The molecule has 0 aliphatic heterocycles. The highest BCUT2D eigenvalue weighted by molar-refractivity contribution is 5.88. The summed E-state index contributed by atoms with van der Waals surface area (Å²) in [6.07, 6.45) is 8.64. The van der Waals surface area contributed by atoms with Gasteiger partial charge in [-0.05, 0) is 29.5 Å². The number of allylic oxidation sites excluding steroid dienone is 2. The number of nitrogens with two attached hydrogens (primary N) is 1. The third-order valence-electron chi connectivity index (χ3n) is 3.20. The van der Waals surface area contributed by atoms with Gasteiger partial charge in [-0.15, -0.1) is 0 Å². The number of carbonyl (C=O) groups is 2. The van der Waals surface area contributed by atoms with Crippen LogP contribution in [0.15, 0.2) is 42.5 Å². The number of primary amides is 1. The van der Waals surface area contributed by atoms with Crippen LogP contribution in [-0.4, -0.2) is 18.4 Å². The van der Waals surface area contributed by atoms with Gasteiger partial charge in [0.1, 0.15) is 0 Å². The Morgan fingerprint density at radius 1 is 1.35 bits per heavy atom. The lowest BCUT2D eigenvalue weighted by Crippen LogP contribution is -2.26. The number of hydrogen-bond donors (Lipinski definition) is 2. The van der Waals surface area contributed by atoms with E-state index in [1.54, 1.807) is 0 Å². The lowest BCUT2D eigenvalue weighted by molar-refractivity contribution is -0.118. The van der Waals surface area contributed by atoms with E-state index in [9.17, 15) is 9.59 Å². The molecule has 1 aliphatic carbocycles. The summed E-state index contributed by atoms with van der Waals surface area (Å²) in [7, 11) is 0. The van der Waals surface area contributed by atoms with Gasteiger partial charge in [-0.1, -0.05) is 42.5 Å². The number of rotatable bonds is 5. The molecule has 0 radical (unpaired) electrons. The third-order valence-corrected chi connectivity index (χ3v) is 3.20. The zero-order valence-corrected chi connectivity index (χ0v) is 11.2. The minimum atomic E-state index is -0.416. The van der Waals surface area contributed by atoms with Gasteiger partial charge >= 0.3 is 0 Å². The molecule has 0 saturated carbocycles. The first-order valence-electron chi connectivity index (χ1n) is 6.65. The fraction of sp³-hybridized carbons (Fsp3) is 0.250. The first-order chi connectivity index (χ1) is 9.65. The van der Waals surface area contributed by atoms with Crippen LogP contribution >= 0.6 is 0 Å². The Labute approximate surface area is 118 Å². The van der Waals surface area contributed by atoms with Crippen LogP contribution < -0.4 is 11.1 Å². The number of carbonyl (C=O) groups excluding carboxylic acids is 2. The molecule has 0 heterocycles. The molecule has 104 valence electrons. The van der Waals surface area contributed by atoms with Crippen molar-refractivity contribution >= 4 is 17.9 Å². The summed E-state index contributed by atoms with van der Waals surface area (Å²) in [5.41, 5.74) is 7.53. The molecule has 2 rings (SSSR count). The molecular weight excluding hydrogens is 252 g/mol. The predicted octanol–water partition coefficient (Wildman–Crippen LogP) is 1.42. The maximum Gasteiger partial charge on any atom is 0.243 e. The van der Waals surface area contributed by atoms with Crippen LogP contribution in [0.2, 0.25) is 0 Å². The second-order valence-corrected chi connectivity index (χ2v) is 4.79. The Morgan fingerprint density at radius 2 is 2.15 bits per heavy atom. The van der Waals surface area contributed by atoms with Crippen LogP contribution in [0.3, 0.4) is 0 Å². The highest BCUT2D eigenvalue weighted by atomic mass is 16.2. The zero-order valence-electron chi connectivity index (χ0n) is 11.2. The number of hydrogen-bond acceptors (Lipinski definition) is 2. The molecule has 1 aromatic rings. The van der Waals surface area contributed by atoms with E-state index < -0.39 is 5.91 Å². The van der Waals surface area contributed by atoms with E-state index in [2.05, 4.69) is 29.6 Å². The highest BCUT2D eigenvalue weighted by Gasteiger charge is 2.10. The molecule has 0 bridgehead atoms. The molecule has 0 spiro atoms. The van der Waals surface area contributed by atoms with Crippen molar-refractivity contribution < 1.29 is 9.59 Å². The Bertz CT molecular complexity index is 561. The van der Waals surface area contributed by atoms with Crippen molar-refractivity contribution in [3.05, 3.63) is 53.6 Å². The lowest BCUT2D eigenvalue weighted by Gasteiger charge is -2.16. The molecule has 3 N–H and O–H groups in total. The molecule has 0 fully saturated rings. The van der Waals surface area contributed by atoms with Crippen molar-refractivity contribution in [1.82, 2.24) is 5.32 Å². The normalized spacial score (nSPS) is 16.9. The standard InChI is InChI=1S/C16H18N2O2/c17-15(19)9-10-18-16(20)8-6-12-5-7-13-3-1-2-4-14(13)11-12/h1-8,12H,9-11H2,(H2,17,19)(H,18,20)/b8-6+. The fourth-order valence-electron chi connectivity index (χ4n) is 2.14. The molecule has 1 aliphatic rings. The molecule has 1 aromatic carbocycles. The summed E-state index contributed by atoms with van der Waals surface area (Å²) in [4.78, 5) is 22.1. The molecule has 0 saturated heterocycles. The predicted molar refractivity (Wildman–Crippen MR) is 78.6 cm³/mol. The van der Waals surface area contributed by atoms with E-state index in [1.807, 2.05) is 18.2 Å². The van der Waals surface area contributed by atoms with Crippen LogP contribution in [-0.2, 0) is 16.0 Å². The minimum absolute atomic E-state index is 0.163. The van der Waals surface area contributed by atoms with Gasteiger partial charge in [0.15, 0.2) is 0 Å². The van der Waals surface area contributed by atoms with Crippen molar-refractivity contribution in [2.75, 3.05) is 6.54 Å². The summed E-state index contributed by atoms with van der Waals surface area (Å²) in [5, 5.41) is 2.62. The van der Waals surface area contributed by atoms with Crippen LogP contribution in [0.25, 0.3) is 6.08 Å². The summed E-state index contributed by atoms with van der Waals surface area (Å²) in [5.74, 6) is -0.383. The first-order valence-corrected chi connectivity index (χ1v) is 6.65. The van der Waals surface area contributed by atoms with Gasteiger partial charge in [-0.3, -0.25) is 9.59 Å². The van der Waals surface area contributed by atoms with E-state index in [1.165, 1.54) is 17.2 Å². The van der Waals surface area contributed by atoms with Crippen molar-refractivity contribution in [3.63, 3.8) is 0 Å². The summed E-state index contributed by atoms with van der Waals surface area (Å²) in [6, 6.07) is 8.23. The van der Waals surface area contributed by atoms with Crippen LogP contribution in [0.1, 0.15) is 17.5 Å². The Balaban J connectivity index is 1.84. The van der Waals surface area contributed by atoms with E-state index in [0.717, 1.165) is 6.42 Å². The first kappa shape index (κ1) is 14.1. The topological polar surface area (TPSA) is 72.2 Å². The summed E-state index contributed by atoms with van der Waals surface area (Å²) in [6.45, 7) is 0.280. The largest absolute Gasteiger partial charge is 0.370 e. The van der Waals surface area contributed by atoms with Gasteiger partial charge in [0, 0.05) is 13.0 Å². The molecule has 0 aromatic heterocycles. The Hall–Kier alpha value is -2.36. The monoisotopic (exact) mass is 270 g/mol. The average molecular weight is 270 g/mol. The van der Waals surface area contributed by atoms with Crippen LogP contribution in [0.5, 0.6) is 0 Å². The highest BCUT2D eigenvalue weighted by Crippen LogP contribution is 2.23. The molecule has 20 heavy (non-hydrogen) atoms.